The van der Waals surface area contributed by atoms with Crippen LogP contribution in [0, 0.1) is 0 Å². The van der Waals surface area contributed by atoms with Crippen LogP contribution in [0.5, 0.6) is 0 Å². The molecule has 0 aromatic carbocycles. The van der Waals surface area contributed by atoms with Crippen LogP contribution in [0.25, 0.3) is 0 Å². The number of amides is 1. The molecule has 0 rings (SSSR count). The Morgan fingerprint density at radius 2 is 0.603 bits per heavy atom. The van der Waals surface area contributed by atoms with Crippen LogP contribution in [0.2, 0.25) is 0 Å². The topological polar surface area (TPSA) is 95.9 Å². The van der Waals surface area contributed by atoms with Gasteiger partial charge >= 0.3 is 5.97 Å². The molecule has 0 saturated carbocycles. The lowest BCUT2D eigenvalue weighted by atomic mass is 10.0. The summed E-state index contributed by atoms with van der Waals surface area (Å²) in [6.07, 6.45) is 84.0. The van der Waals surface area contributed by atoms with Crippen LogP contribution < -0.4 is 5.32 Å². The molecule has 464 valence electrons. The van der Waals surface area contributed by atoms with E-state index in [1.54, 1.807) is 0 Å². The Hall–Kier alpha value is -1.40. The van der Waals surface area contributed by atoms with Crippen LogP contribution in [0.3, 0.4) is 0 Å². The number of esters is 1. The largest absolute Gasteiger partial charge is 0.466 e. The summed E-state index contributed by atoms with van der Waals surface area (Å²) in [5.74, 6) is -0.0270. The minimum atomic E-state index is -0.671. The van der Waals surface area contributed by atoms with Crippen LogP contribution in [0.1, 0.15) is 412 Å². The molecule has 2 atom stereocenters. The van der Waals surface area contributed by atoms with E-state index in [1.807, 2.05) is 0 Å². The third-order valence-corrected chi connectivity index (χ3v) is 17.1. The van der Waals surface area contributed by atoms with Crippen molar-refractivity contribution >= 4 is 11.9 Å². The molecular weight excluding hydrogens is 959 g/mol. The van der Waals surface area contributed by atoms with Gasteiger partial charge in [0.25, 0.3) is 0 Å². The first-order valence-electron chi connectivity index (χ1n) is 35.9. The van der Waals surface area contributed by atoms with E-state index in [-0.39, 0.29) is 18.5 Å². The average molecular weight is 1100 g/mol. The van der Waals surface area contributed by atoms with E-state index in [2.05, 4.69) is 31.3 Å². The second-order valence-corrected chi connectivity index (χ2v) is 24.9. The SMILES string of the molecule is CCCCCCCCCCCCCCCCCCCCCCCCCCCC(O)C(CO)NC(=O)CCCCCCCCC/C=C\CCCCCCCCCCCOC(=O)CCCCCCCCCCCCCCCCCC. The molecule has 3 N–H and O–H groups in total. The van der Waals surface area contributed by atoms with Gasteiger partial charge < -0.3 is 20.3 Å². The Kier molecular flexibility index (Phi) is 66.9. The molecule has 0 saturated heterocycles. The normalized spacial score (nSPS) is 12.5. The van der Waals surface area contributed by atoms with Gasteiger partial charge in [0.05, 0.1) is 25.4 Å². The van der Waals surface area contributed by atoms with Gasteiger partial charge in [0.2, 0.25) is 5.91 Å². The van der Waals surface area contributed by atoms with Gasteiger partial charge in [0.15, 0.2) is 0 Å². The van der Waals surface area contributed by atoms with Crippen molar-refractivity contribution in [3.05, 3.63) is 12.2 Å². The zero-order valence-electron chi connectivity index (χ0n) is 53.2. The smallest absolute Gasteiger partial charge is 0.305 e. The van der Waals surface area contributed by atoms with E-state index in [9.17, 15) is 19.8 Å². The molecule has 0 aromatic heterocycles. The number of aliphatic hydroxyl groups excluding tert-OH is 2. The van der Waals surface area contributed by atoms with E-state index in [0.29, 0.717) is 25.9 Å². The van der Waals surface area contributed by atoms with Crippen LogP contribution in [0.15, 0.2) is 12.2 Å². The lowest BCUT2D eigenvalue weighted by Gasteiger charge is -2.22. The van der Waals surface area contributed by atoms with Crippen LogP contribution in [-0.4, -0.2) is 47.4 Å². The summed E-state index contributed by atoms with van der Waals surface area (Å²) >= 11 is 0. The van der Waals surface area contributed by atoms with Crippen LogP contribution in [-0.2, 0) is 14.3 Å². The van der Waals surface area contributed by atoms with E-state index < -0.39 is 12.1 Å². The maximum atomic E-state index is 12.6. The lowest BCUT2D eigenvalue weighted by Crippen LogP contribution is -2.45. The first-order valence-corrected chi connectivity index (χ1v) is 35.9. The van der Waals surface area contributed by atoms with E-state index in [0.717, 1.165) is 38.5 Å². The Bertz CT molecular complexity index is 1180. The van der Waals surface area contributed by atoms with Gasteiger partial charge in [0, 0.05) is 12.8 Å². The standard InChI is InChI=1S/C72H141NO5/c1-3-5-7-9-11-13-15-17-19-21-22-23-24-25-26-27-30-33-36-40-44-48-52-56-60-64-70(75)69(68-74)73-71(76)65-61-57-53-49-45-41-37-34-31-28-29-32-35-39-43-47-51-55-59-63-67-78-72(77)66-62-58-54-50-46-42-38-20-18-16-14-12-10-8-6-4-2/h28,31,69-70,74-75H,3-27,29-30,32-68H2,1-2H3,(H,73,76)/b31-28-. The van der Waals surface area contributed by atoms with Gasteiger partial charge in [-0.05, 0) is 51.4 Å². The summed E-state index contributed by atoms with van der Waals surface area (Å²) in [5.41, 5.74) is 0. The Morgan fingerprint density at radius 1 is 0.346 bits per heavy atom. The lowest BCUT2D eigenvalue weighted by molar-refractivity contribution is -0.143. The molecule has 78 heavy (non-hydrogen) atoms. The van der Waals surface area contributed by atoms with E-state index in [4.69, 9.17) is 4.74 Å². The van der Waals surface area contributed by atoms with Crippen LogP contribution in [0.4, 0.5) is 0 Å². The van der Waals surface area contributed by atoms with Crippen molar-refractivity contribution in [3.63, 3.8) is 0 Å². The number of nitrogens with one attached hydrogen (secondary N) is 1. The fourth-order valence-electron chi connectivity index (χ4n) is 11.6. The van der Waals surface area contributed by atoms with Gasteiger partial charge in [-0.3, -0.25) is 9.59 Å². The number of unbranched alkanes of at least 4 members (excludes halogenated alkanes) is 55. The monoisotopic (exact) mass is 1100 g/mol. The van der Waals surface area contributed by atoms with Gasteiger partial charge in [-0.25, -0.2) is 0 Å². The molecule has 0 radical (unpaired) electrons. The van der Waals surface area contributed by atoms with Crippen LogP contribution >= 0.6 is 0 Å². The van der Waals surface area contributed by atoms with Crippen molar-refractivity contribution in [3.8, 4) is 0 Å². The number of carbonyl (C=O) groups excluding carboxylic acids is 2. The van der Waals surface area contributed by atoms with Gasteiger partial charge in [0.1, 0.15) is 0 Å². The highest BCUT2D eigenvalue weighted by Gasteiger charge is 2.20. The molecule has 0 spiro atoms. The molecular formula is C72H141NO5. The summed E-state index contributed by atoms with van der Waals surface area (Å²) < 4.78 is 5.50. The maximum absolute atomic E-state index is 12.6. The number of hydrogen-bond acceptors (Lipinski definition) is 5. The Balaban J connectivity index is 3.41. The van der Waals surface area contributed by atoms with Crippen molar-refractivity contribution in [2.75, 3.05) is 13.2 Å². The second kappa shape index (κ2) is 68.1. The fraction of sp³-hybridized carbons (Fsp3) is 0.944. The predicted octanol–water partition coefficient (Wildman–Crippen LogP) is 23.1. The quantitative estimate of drug-likeness (QED) is 0.0320. The Morgan fingerprint density at radius 3 is 0.910 bits per heavy atom. The van der Waals surface area contributed by atoms with Crippen molar-refractivity contribution in [1.82, 2.24) is 5.32 Å². The number of allylic oxidation sites excluding steroid dienone is 2. The molecule has 0 aromatic rings. The summed E-state index contributed by atoms with van der Waals surface area (Å²) in [4.78, 5) is 24.6. The zero-order valence-corrected chi connectivity index (χ0v) is 53.2. The molecule has 0 aliphatic rings. The van der Waals surface area contributed by atoms with Crippen molar-refractivity contribution in [2.45, 2.75) is 424 Å². The third-order valence-electron chi connectivity index (χ3n) is 17.1. The predicted molar refractivity (Wildman–Crippen MR) is 343 cm³/mol. The highest BCUT2D eigenvalue weighted by atomic mass is 16.5. The highest BCUT2D eigenvalue weighted by Crippen LogP contribution is 2.19. The molecule has 2 unspecified atom stereocenters. The molecule has 0 aliphatic carbocycles. The summed E-state index contributed by atoms with van der Waals surface area (Å²) in [6.45, 7) is 4.99. The van der Waals surface area contributed by atoms with E-state index in [1.165, 1.54) is 340 Å². The molecule has 0 heterocycles. The summed E-state index contributed by atoms with van der Waals surface area (Å²) in [7, 11) is 0. The zero-order chi connectivity index (χ0) is 56.4. The number of carbonyl (C=O) groups is 2. The van der Waals surface area contributed by atoms with E-state index >= 15 is 0 Å². The summed E-state index contributed by atoms with van der Waals surface area (Å²) in [6, 6.07) is -0.549. The average Bonchev–Trinajstić information content (AvgIpc) is 3.44. The minimum absolute atomic E-state index is 0.0112. The number of hydrogen-bond donors (Lipinski definition) is 3. The molecule has 1 amide bonds. The third kappa shape index (κ3) is 63.8. The van der Waals surface area contributed by atoms with Crippen molar-refractivity contribution in [2.24, 2.45) is 0 Å². The molecule has 0 aliphatic heterocycles. The first-order chi connectivity index (χ1) is 38.5. The minimum Gasteiger partial charge on any atom is -0.466 e. The number of aliphatic hydroxyl groups is 2. The van der Waals surface area contributed by atoms with Crippen molar-refractivity contribution in [1.29, 1.82) is 0 Å². The number of ether oxygens (including phenoxy) is 1. The summed E-state index contributed by atoms with van der Waals surface area (Å²) in [5, 5.41) is 23.4. The Labute approximate surface area is 489 Å². The molecule has 0 fully saturated rings. The maximum Gasteiger partial charge on any atom is 0.305 e. The van der Waals surface area contributed by atoms with Crippen molar-refractivity contribution < 1.29 is 24.5 Å². The molecule has 6 nitrogen and oxygen atoms in total. The van der Waals surface area contributed by atoms with Gasteiger partial charge in [-0.15, -0.1) is 0 Å². The fourth-order valence-corrected chi connectivity index (χ4v) is 11.6. The molecule has 6 heteroatoms. The van der Waals surface area contributed by atoms with Gasteiger partial charge in [-0.1, -0.05) is 360 Å². The second-order valence-electron chi connectivity index (χ2n) is 24.9. The molecule has 0 bridgehead atoms. The highest BCUT2D eigenvalue weighted by molar-refractivity contribution is 5.76. The van der Waals surface area contributed by atoms with Gasteiger partial charge in [-0.2, -0.15) is 0 Å². The first kappa shape index (κ1) is 76.6. The number of rotatable bonds is 68.